The third-order valence-electron chi connectivity index (χ3n) is 4.39. The average Bonchev–Trinajstić information content (AvgIpc) is 2.67. The Balaban J connectivity index is 2.37. The Hall–Kier alpha value is -1.51. The molecule has 0 unspecified atom stereocenters. The largest absolute Gasteiger partial charge is 0.491 e. The molecule has 0 saturated carbocycles. The summed E-state index contributed by atoms with van der Waals surface area (Å²) >= 11 is 1.20. The van der Waals surface area contributed by atoms with Crippen LogP contribution in [0, 0.1) is 0 Å². The van der Waals surface area contributed by atoms with Crippen molar-refractivity contribution in [2.75, 3.05) is 17.2 Å². The van der Waals surface area contributed by atoms with Gasteiger partial charge in [0.25, 0.3) is 0 Å². The molecule has 2 rings (SSSR count). The summed E-state index contributed by atoms with van der Waals surface area (Å²) in [6.45, 7) is 9.47. The summed E-state index contributed by atoms with van der Waals surface area (Å²) in [6, 6.07) is 0. The maximum absolute atomic E-state index is 11.4. The van der Waals surface area contributed by atoms with Gasteiger partial charge < -0.3 is 20.8 Å². The number of aromatic nitrogens is 1. The van der Waals surface area contributed by atoms with Crippen LogP contribution in [-0.4, -0.2) is 34.2 Å². The van der Waals surface area contributed by atoms with Crippen molar-refractivity contribution in [3.05, 3.63) is 23.4 Å². The van der Waals surface area contributed by atoms with E-state index in [1.54, 1.807) is 6.20 Å². The van der Waals surface area contributed by atoms with Gasteiger partial charge in [-0.1, -0.05) is 17.8 Å². The van der Waals surface area contributed by atoms with Gasteiger partial charge in [-0.05, 0) is 33.2 Å². The van der Waals surface area contributed by atoms with Crippen LogP contribution in [0.25, 0.3) is 6.08 Å². The van der Waals surface area contributed by atoms with E-state index in [1.807, 2.05) is 33.8 Å². The van der Waals surface area contributed by atoms with Crippen molar-refractivity contribution in [2.24, 2.45) is 0 Å². The number of hydrogen-bond acceptors (Lipinski definition) is 7. The molecule has 24 heavy (non-hydrogen) atoms. The number of nitrogen functional groups attached to an aromatic ring is 2. The van der Waals surface area contributed by atoms with Gasteiger partial charge in [0.15, 0.2) is 5.12 Å². The van der Waals surface area contributed by atoms with E-state index in [9.17, 15) is 4.79 Å². The Morgan fingerprint density at radius 2 is 1.83 bits per heavy atom. The Labute approximate surface area is 147 Å². The van der Waals surface area contributed by atoms with E-state index in [0.29, 0.717) is 22.7 Å². The fourth-order valence-corrected chi connectivity index (χ4v) is 2.76. The van der Waals surface area contributed by atoms with E-state index in [1.165, 1.54) is 24.9 Å². The van der Waals surface area contributed by atoms with Crippen molar-refractivity contribution in [3.63, 3.8) is 0 Å². The number of nitrogens with zero attached hydrogens (tertiary/aromatic N) is 1. The van der Waals surface area contributed by atoms with Crippen molar-refractivity contribution in [1.82, 2.24) is 4.98 Å². The van der Waals surface area contributed by atoms with Gasteiger partial charge in [0.05, 0.1) is 28.8 Å². The van der Waals surface area contributed by atoms with Crippen LogP contribution in [0.4, 0.5) is 11.4 Å². The van der Waals surface area contributed by atoms with E-state index in [4.69, 9.17) is 20.8 Å². The molecule has 0 aliphatic carbocycles. The molecule has 0 aromatic carbocycles. The first-order chi connectivity index (χ1) is 11.0. The molecule has 4 N–H and O–H groups in total. The van der Waals surface area contributed by atoms with Crippen LogP contribution < -0.4 is 11.5 Å². The van der Waals surface area contributed by atoms with Crippen molar-refractivity contribution in [2.45, 2.75) is 45.8 Å². The van der Waals surface area contributed by atoms with Gasteiger partial charge in [-0.25, -0.2) is 0 Å². The monoisotopic (exact) mass is 349 g/mol. The standard InChI is InChI=1S/C16H24BN3O3S/c1-10(21)24-9-12(6-11-7-20-8-13(18)14(11)19)17-22-15(2,3)16(4,5)23-17/h6-8H,9,18H2,1-5H3,(H2,19,20). The lowest BCUT2D eigenvalue weighted by Crippen LogP contribution is -2.41. The Morgan fingerprint density at radius 1 is 1.25 bits per heavy atom. The molecule has 8 heteroatoms. The summed E-state index contributed by atoms with van der Waals surface area (Å²) in [5.74, 6) is 0.445. The van der Waals surface area contributed by atoms with Gasteiger partial charge >= 0.3 is 7.12 Å². The zero-order valence-corrected chi connectivity index (χ0v) is 15.6. The number of carbonyl (C=O) groups is 1. The number of nitrogens with two attached hydrogens (primary N) is 2. The zero-order chi connectivity index (χ0) is 18.1. The Bertz CT molecular complexity index is 661. The quantitative estimate of drug-likeness (QED) is 0.806. The smallest absolute Gasteiger partial charge is 0.400 e. The SMILES string of the molecule is CC(=O)SCC(=Cc1cncc(N)c1N)B1OC(C)(C)C(C)(C)O1. The second-order valence-electron chi connectivity index (χ2n) is 6.82. The van der Waals surface area contributed by atoms with Gasteiger partial charge in [0.1, 0.15) is 0 Å². The summed E-state index contributed by atoms with van der Waals surface area (Å²) in [5.41, 5.74) is 13.3. The summed E-state index contributed by atoms with van der Waals surface area (Å²) in [6.07, 6.45) is 4.98. The highest BCUT2D eigenvalue weighted by Crippen LogP contribution is 2.39. The highest BCUT2D eigenvalue weighted by Gasteiger charge is 2.52. The molecule has 130 valence electrons. The van der Waals surface area contributed by atoms with Crippen LogP contribution >= 0.6 is 11.8 Å². The number of thioether (sulfide) groups is 1. The van der Waals surface area contributed by atoms with E-state index < -0.39 is 18.3 Å². The minimum Gasteiger partial charge on any atom is -0.400 e. The summed E-state index contributed by atoms with van der Waals surface area (Å²) in [5, 5.41) is 0.0242. The van der Waals surface area contributed by atoms with Crippen molar-refractivity contribution >= 4 is 41.4 Å². The molecule has 6 nitrogen and oxygen atoms in total. The van der Waals surface area contributed by atoms with Crippen LogP contribution in [0.2, 0.25) is 0 Å². The summed E-state index contributed by atoms with van der Waals surface area (Å²) in [7, 11) is -0.553. The molecular formula is C16H24BN3O3S. The molecule has 0 atom stereocenters. The van der Waals surface area contributed by atoms with Crippen LogP contribution in [0.3, 0.4) is 0 Å². The normalized spacial score (nSPS) is 19.5. The van der Waals surface area contributed by atoms with Crippen molar-refractivity contribution in [3.8, 4) is 0 Å². The topological polar surface area (TPSA) is 100 Å². The molecule has 2 heterocycles. The third-order valence-corrected chi connectivity index (χ3v) is 5.27. The van der Waals surface area contributed by atoms with Gasteiger partial charge in [-0.3, -0.25) is 9.78 Å². The zero-order valence-electron chi connectivity index (χ0n) is 14.8. The van der Waals surface area contributed by atoms with Gasteiger partial charge in [0.2, 0.25) is 0 Å². The second-order valence-corrected chi connectivity index (χ2v) is 7.97. The maximum Gasteiger partial charge on any atom is 0.491 e. The van der Waals surface area contributed by atoms with E-state index in [2.05, 4.69) is 4.98 Å². The van der Waals surface area contributed by atoms with Gasteiger partial charge in [-0.15, -0.1) is 0 Å². The number of pyridine rings is 1. The molecule has 1 saturated heterocycles. The first kappa shape index (κ1) is 18.8. The molecule has 0 spiro atoms. The molecule has 1 fully saturated rings. The number of anilines is 2. The predicted octanol–water partition coefficient (Wildman–Crippen LogP) is 2.54. The minimum atomic E-state index is -0.553. The van der Waals surface area contributed by atoms with Crippen LogP contribution in [-0.2, 0) is 14.1 Å². The first-order valence-electron chi connectivity index (χ1n) is 7.72. The minimum absolute atomic E-state index is 0.0242. The maximum atomic E-state index is 11.4. The second kappa shape index (κ2) is 6.78. The Morgan fingerprint density at radius 3 is 2.38 bits per heavy atom. The number of carbonyl (C=O) groups excluding carboxylic acids is 1. The lowest BCUT2D eigenvalue weighted by atomic mass is 9.78. The van der Waals surface area contributed by atoms with Gasteiger partial charge in [-0.2, -0.15) is 0 Å². The molecule has 1 aliphatic rings. The molecule has 0 amide bonds. The molecule has 1 aromatic heterocycles. The van der Waals surface area contributed by atoms with Crippen LogP contribution in [0.5, 0.6) is 0 Å². The van der Waals surface area contributed by atoms with Crippen molar-refractivity contribution < 1.29 is 14.1 Å². The molecule has 0 radical (unpaired) electrons. The molecule has 1 aliphatic heterocycles. The number of hydrogen-bond donors (Lipinski definition) is 2. The van der Waals surface area contributed by atoms with Crippen LogP contribution in [0.1, 0.15) is 40.2 Å². The highest BCUT2D eigenvalue weighted by atomic mass is 32.2. The van der Waals surface area contributed by atoms with Crippen LogP contribution in [0.15, 0.2) is 17.9 Å². The van der Waals surface area contributed by atoms with E-state index in [0.717, 1.165) is 5.47 Å². The van der Waals surface area contributed by atoms with E-state index >= 15 is 0 Å². The lowest BCUT2D eigenvalue weighted by Gasteiger charge is -2.32. The Kier molecular flexibility index (Phi) is 5.32. The van der Waals surface area contributed by atoms with Gasteiger partial charge in [0, 0.05) is 24.4 Å². The van der Waals surface area contributed by atoms with E-state index in [-0.39, 0.29) is 5.12 Å². The summed E-state index contributed by atoms with van der Waals surface area (Å²) < 4.78 is 12.2. The molecular weight excluding hydrogens is 325 g/mol. The predicted molar refractivity (Wildman–Crippen MR) is 100 cm³/mol. The fraction of sp³-hybridized carbons (Fsp3) is 0.500. The summed E-state index contributed by atoms with van der Waals surface area (Å²) in [4.78, 5) is 15.5. The molecule has 0 bridgehead atoms. The fourth-order valence-electron chi connectivity index (χ4n) is 2.18. The lowest BCUT2D eigenvalue weighted by molar-refractivity contribution is -0.109. The molecule has 1 aromatic rings. The third kappa shape index (κ3) is 3.93. The average molecular weight is 349 g/mol. The first-order valence-corrected chi connectivity index (χ1v) is 8.70. The number of rotatable bonds is 4. The highest BCUT2D eigenvalue weighted by molar-refractivity contribution is 8.13. The van der Waals surface area contributed by atoms with Crippen molar-refractivity contribution in [1.29, 1.82) is 0 Å².